The van der Waals surface area contributed by atoms with Crippen molar-refractivity contribution in [2.75, 3.05) is 4.90 Å². The first-order chi connectivity index (χ1) is 9.66. The van der Waals surface area contributed by atoms with E-state index in [1.807, 2.05) is 61.5 Å². The van der Waals surface area contributed by atoms with Crippen LogP contribution < -0.4 is 4.90 Å². The largest absolute Gasteiger partial charge is 0.439 e. The van der Waals surface area contributed by atoms with Gasteiger partial charge in [-0.1, -0.05) is 30.3 Å². The van der Waals surface area contributed by atoms with Crippen molar-refractivity contribution in [3.05, 3.63) is 63.7 Å². The average Bonchev–Trinajstić information content (AvgIpc) is 2.76. The number of carbonyl (C=O) groups is 1. The van der Waals surface area contributed by atoms with Crippen LogP contribution in [0.4, 0.5) is 10.5 Å². The predicted octanol–water partition coefficient (Wildman–Crippen LogP) is 4.38. The molecule has 1 amide bonds. The van der Waals surface area contributed by atoms with Crippen LogP contribution in [0, 0.1) is 3.57 Å². The summed E-state index contributed by atoms with van der Waals surface area (Å²) in [6.45, 7) is 2.01. The molecular formula is C16H14INO2. The van der Waals surface area contributed by atoms with Crippen LogP contribution in [-0.2, 0) is 4.74 Å². The van der Waals surface area contributed by atoms with Gasteiger partial charge in [-0.3, -0.25) is 4.90 Å². The minimum atomic E-state index is -0.285. The standard InChI is InChI=1S/C16H14INO2/c1-11-15(12-5-3-2-4-6-12)20-16(19)18(11)14-9-7-13(17)8-10-14/h2-11,15H,1H3. The fraction of sp³-hybridized carbons (Fsp3) is 0.188. The van der Waals surface area contributed by atoms with Gasteiger partial charge in [-0.05, 0) is 59.3 Å². The van der Waals surface area contributed by atoms with Crippen molar-refractivity contribution < 1.29 is 9.53 Å². The molecule has 1 aliphatic rings. The highest BCUT2D eigenvalue weighted by atomic mass is 127. The quantitative estimate of drug-likeness (QED) is 0.725. The molecule has 0 saturated carbocycles. The van der Waals surface area contributed by atoms with Crippen molar-refractivity contribution in [1.29, 1.82) is 0 Å². The molecule has 1 aliphatic heterocycles. The minimum Gasteiger partial charge on any atom is -0.439 e. The van der Waals surface area contributed by atoms with Gasteiger partial charge in [-0.2, -0.15) is 0 Å². The number of halogens is 1. The summed E-state index contributed by atoms with van der Waals surface area (Å²) in [7, 11) is 0. The maximum absolute atomic E-state index is 12.2. The number of hydrogen-bond donors (Lipinski definition) is 0. The molecule has 0 aliphatic carbocycles. The molecule has 2 unspecified atom stereocenters. The molecule has 0 aromatic heterocycles. The van der Waals surface area contributed by atoms with E-state index in [2.05, 4.69) is 22.6 Å². The zero-order valence-electron chi connectivity index (χ0n) is 11.0. The molecule has 2 atom stereocenters. The summed E-state index contributed by atoms with van der Waals surface area (Å²) in [4.78, 5) is 13.9. The van der Waals surface area contributed by atoms with Gasteiger partial charge in [0.25, 0.3) is 0 Å². The second kappa shape index (κ2) is 5.44. The Hall–Kier alpha value is -1.56. The maximum Gasteiger partial charge on any atom is 0.415 e. The molecule has 0 bridgehead atoms. The molecule has 20 heavy (non-hydrogen) atoms. The third-order valence-corrected chi connectivity index (χ3v) is 4.22. The molecule has 4 heteroatoms. The Labute approximate surface area is 131 Å². The summed E-state index contributed by atoms with van der Waals surface area (Å²) < 4.78 is 6.69. The van der Waals surface area contributed by atoms with Crippen LogP contribution in [0.5, 0.6) is 0 Å². The summed E-state index contributed by atoms with van der Waals surface area (Å²) in [5, 5.41) is 0. The van der Waals surface area contributed by atoms with E-state index in [9.17, 15) is 4.79 Å². The van der Waals surface area contributed by atoms with Crippen LogP contribution in [-0.4, -0.2) is 12.1 Å². The molecule has 2 aromatic carbocycles. The molecule has 1 saturated heterocycles. The number of nitrogens with zero attached hydrogens (tertiary/aromatic N) is 1. The van der Waals surface area contributed by atoms with Gasteiger partial charge in [0, 0.05) is 9.26 Å². The van der Waals surface area contributed by atoms with Crippen molar-refractivity contribution >= 4 is 34.4 Å². The van der Waals surface area contributed by atoms with E-state index in [4.69, 9.17) is 4.74 Å². The first-order valence-electron chi connectivity index (χ1n) is 6.47. The number of cyclic esters (lactones) is 1. The Kier molecular flexibility index (Phi) is 3.65. The lowest BCUT2D eigenvalue weighted by Gasteiger charge is -2.21. The monoisotopic (exact) mass is 379 g/mol. The van der Waals surface area contributed by atoms with Gasteiger partial charge < -0.3 is 4.74 Å². The molecule has 3 nitrogen and oxygen atoms in total. The smallest absolute Gasteiger partial charge is 0.415 e. The number of anilines is 1. The fourth-order valence-corrected chi connectivity index (χ4v) is 2.86. The predicted molar refractivity (Wildman–Crippen MR) is 86.8 cm³/mol. The normalized spacial score (nSPS) is 21.9. The molecule has 102 valence electrons. The fourth-order valence-electron chi connectivity index (χ4n) is 2.50. The lowest BCUT2D eigenvalue weighted by atomic mass is 10.0. The summed E-state index contributed by atoms with van der Waals surface area (Å²) in [6.07, 6.45) is -0.504. The second-order valence-corrected chi connectivity index (χ2v) is 6.05. The number of hydrogen-bond acceptors (Lipinski definition) is 2. The molecule has 0 N–H and O–H groups in total. The van der Waals surface area contributed by atoms with Crippen molar-refractivity contribution in [2.45, 2.75) is 19.1 Å². The SMILES string of the molecule is CC1C(c2ccccc2)OC(=O)N1c1ccc(I)cc1. The average molecular weight is 379 g/mol. The Morgan fingerprint density at radius 3 is 2.35 bits per heavy atom. The van der Waals surface area contributed by atoms with Crippen LogP contribution in [0.1, 0.15) is 18.6 Å². The van der Waals surface area contributed by atoms with Crippen LogP contribution in [0.15, 0.2) is 54.6 Å². The lowest BCUT2D eigenvalue weighted by molar-refractivity contribution is 0.134. The van der Waals surface area contributed by atoms with Gasteiger partial charge in [0.1, 0.15) is 6.10 Å². The summed E-state index contributed by atoms with van der Waals surface area (Å²) in [5.74, 6) is 0. The summed E-state index contributed by atoms with van der Waals surface area (Å²) in [6, 6.07) is 17.7. The van der Waals surface area contributed by atoms with Gasteiger partial charge in [0.05, 0.1) is 6.04 Å². The molecule has 1 heterocycles. The Morgan fingerprint density at radius 2 is 1.70 bits per heavy atom. The Balaban J connectivity index is 1.91. The molecule has 2 aromatic rings. The van der Waals surface area contributed by atoms with Crippen molar-refractivity contribution in [3.8, 4) is 0 Å². The number of rotatable bonds is 2. The third-order valence-electron chi connectivity index (χ3n) is 3.50. The van der Waals surface area contributed by atoms with Gasteiger partial charge >= 0.3 is 6.09 Å². The maximum atomic E-state index is 12.2. The third kappa shape index (κ3) is 2.40. The minimum absolute atomic E-state index is 0.0232. The van der Waals surface area contributed by atoms with E-state index < -0.39 is 0 Å². The number of amides is 1. The molecule has 1 fully saturated rings. The van der Waals surface area contributed by atoms with Crippen LogP contribution in [0.2, 0.25) is 0 Å². The highest BCUT2D eigenvalue weighted by molar-refractivity contribution is 14.1. The van der Waals surface area contributed by atoms with Gasteiger partial charge in [-0.25, -0.2) is 4.79 Å². The first kappa shape index (κ1) is 13.4. The van der Waals surface area contributed by atoms with Gasteiger partial charge in [0.2, 0.25) is 0 Å². The van der Waals surface area contributed by atoms with Crippen LogP contribution in [0.3, 0.4) is 0 Å². The van der Waals surface area contributed by atoms with E-state index in [1.54, 1.807) is 4.90 Å². The highest BCUT2D eigenvalue weighted by Gasteiger charge is 2.40. The molecular weight excluding hydrogens is 365 g/mol. The molecule has 3 rings (SSSR count). The highest BCUT2D eigenvalue weighted by Crippen LogP contribution is 2.35. The van der Waals surface area contributed by atoms with E-state index in [1.165, 1.54) is 0 Å². The molecule has 0 radical (unpaired) electrons. The Morgan fingerprint density at radius 1 is 1.05 bits per heavy atom. The number of ether oxygens (including phenoxy) is 1. The van der Waals surface area contributed by atoms with E-state index >= 15 is 0 Å². The van der Waals surface area contributed by atoms with Gasteiger partial charge in [0.15, 0.2) is 0 Å². The van der Waals surface area contributed by atoms with Crippen LogP contribution in [0.25, 0.3) is 0 Å². The van der Waals surface area contributed by atoms with Crippen molar-refractivity contribution in [2.24, 2.45) is 0 Å². The van der Waals surface area contributed by atoms with E-state index in [0.717, 1.165) is 14.8 Å². The zero-order chi connectivity index (χ0) is 14.1. The van der Waals surface area contributed by atoms with E-state index in [-0.39, 0.29) is 18.2 Å². The lowest BCUT2D eigenvalue weighted by Crippen LogP contribution is -2.31. The van der Waals surface area contributed by atoms with Crippen molar-refractivity contribution in [3.63, 3.8) is 0 Å². The second-order valence-electron chi connectivity index (χ2n) is 4.80. The summed E-state index contributed by atoms with van der Waals surface area (Å²) in [5.41, 5.74) is 1.91. The topological polar surface area (TPSA) is 29.5 Å². The van der Waals surface area contributed by atoms with Gasteiger partial charge in [-0.15, -0.1) is 0 Å². The summed E-state index contributed by atoms with van der Waals surface area (Å²) >= 11 is 2.25. The number of benzene rings is 2. The first-order valence-corrected chi connectivity index (χ1v) is 7.55. The molecule has 0 spiro atoms. The van der Waals surface area contributed by atoms with Crippen molar-refractivity contribution in [1.82, 2.24) is 0 Å². The number of carbonyl (C=O) groups excluding carboxylic acids is 1. The Bertz CT molecular complexity index is 612. The zero-order valence-corrected chi connectivity index (χ0v) is 13.2. The van der Waals surface area contributed by atoms with Crippen LogP contribution >= 0.6 is 22.6 Å². The van der Waals surface area contributed by atoms with E-state index in [0.29, 0.717) is 0 Å².